The summed E-state index contributed by atoms with van der Waals surface area (Å²) in [5.74, 6) is -0.947. The van der Waals surface area contributed by atoms with E-state index in [4.69, 9.17) is 5.11 Å². The first kappa shape index (κ1) is 15.6. The summed E-state index contributed by atoms with van der Waals surface area (Å²) in [4.78, 5) is 23.5. The zero-order valence-electron chi connectivity index (χ0n) is 11.0. The van der Waals surface area contributed by atoms with Crippen LogP contribution in [0.5, 0.6) is 0 Å². The number of carboxylic acid groups (broad SMARTS) is 1. The quantitative estimate of drug-likeness (QED) is 0.704. The van der Waals surface area contributed by atoms with Crippen molar-refractivity contribution in [1.82, 2.24) is 10.2 Å². The molecule has 110 valence electrons. The molecular formula is C13H12BrN3O3S. The molecule has 6 nitrogen and oxygen atoms in total. The van der Waals surface area contributed by atoms with Crippen LogP contribution in [0.3, 0.4) is 0 Å². The van der Waals surface area contributed by atoms with Gasteiger partial charge in [-0.15, -0.1) is 11.8 Å². The molecule has 0 saturated heterocycles. The number of aromatic nitrogens is 2. The van der Waals surface area contributed by atoms with Gasteiger partial charge in [-0.2, -0.15) is 5.10 Å². The number of rotatable bonds is 5. The molecule has 0 aliphatic rings. The minimum atomic E-state index is -1.12. The number of carboxylic acids is 1. The molecule has 0 spiro atoms. The summed E-state index contributed by atoms with van der Waals surface area (Å²) in [6, 6.07) is 7.11. The second-order valence-electron chi connectivity index (χ2n) is 4.22. The molecule has 2 rings (SSSR count). The van der Waals surface area contributed by atoms with E-state index in [1.807, 2.05) is 25.1 Å². The Morgan fingerprint density at radius 1 is 1.43 bits per heavy atom. The zero-order valence-corrected chi connectivity index (χ0v) is 13.4. The molecule has 1 amide bonds. The van der Waals surface area contributed by atoms with E-state index in [1.54, 1.807) is 0 Å². The molecule has 1 aromatic heterocycles. The molecular weight excluding hydrogens is 358 g/mol. The monoisotopic (exact) mass is 369 g/mol. The largest absolute Gasteiger partial charge is 0.477 e. The number of carbonyl (C=O) groups is 2. The number of anilines is 1. The lowest BCUT2D eigenvalue weighted by molar-refractivity contribution is -0.113. The molecule has 0 bridgehead atoms. The van der Waals surface area contributed by atoms with Crippen LogP contribution in [0.25, 0.3) is 0 Å². The molecule has 2 aromatic rings. The average molecular weight is 370 g/mol. The molecule has 21 heavy (non-hydrogen) atoms. The number of aromatic amines is 1. The van der Waals surface area contributed by atoms with Gasteiger partial charge in [-0.3, -0.25) is 9.89 Å². The van der Waals surface area contributed by atoms with E-state index in [2.05, 4.69) is 31.4 Å². The van der Waals surface area contributed by atoms with E-state index in [0.717, 1.165) is 14.9 Å². The Labute approximate surface area is 133 Å². The van der Waals surface area contributed by atoms with Crippen LogP contribution in [0.2, 0.25) is 0 Å². The summed E-state index contributed by atoms with van der Waals surface area (Å²) in [7, 11) is 0. The SMILES string of the molecule is Cc1cc(Br)ccc1SCC(=O)Nc1cc(C(=O)O)[nH]n1. The van der Waals surface area contributed by atoms with Gasteiger partial charge in [0.1, 0.15) is 5.69 Å². The topological polar surface area (TPSA) is 95.1 Å². The van der Waals surface area contributed by atoms with Crippen molar-refractivity contribution in [3.63, 3.8) is 0 Å². The predicted molar refractivity (Wildman–Crippen MR) is 83.8 cm³/mol. The number of nitrogens with one attached hydrogen (secondary N) is 2. The van der Waals surface area contributed by atoms with Crippen molar-refractivity contribution in [2.45, 2.75) is 11.8 Å². The maximum atomic E-state index is 11.8. The number of benzene rings is 1. The fraction of sp³-hybridized carbons (Fsp3) is 0.154. The zero-order chi connectivity index (χ0) is 15.4. The van der Waals surface area contributed by atoms with Gasteiger partial charge >= 0.3 is 5.97 Å². The number of halogens is 1. The number of amides is 1. The molecule has 3 N–H and O–H groups in total. The number of hydrogen-bond donors (Lipinski definition) is 3. The molecule has 0 aliphatic carbocycles. The van der Waals surface area contributed by atoms with Crippen LogP contribution < -0.4 is 5.32 Å². The Balaban J connectivity index is 1.91. The number of hydrogen-bond acceptors (Lipinski definition) is 4. The van der Waals surface area contributed by atoms with Crippen molar-refractivity contribution in [2.24, 2.45) is 0 Å². The van der Waals surface area contributed by atoms with Crippen molar-refractivity contribution in [2.75, 3.05) is 11.1 Å². The average Bonchev–Trinajstić information content (AvgIpc) is 2.86. The number of thioether (sulfide) groups is 1. The molecule has 8 heteroatoms. The van der Waals surface area contributed by atoms with Gasteiger partial charge in [0.05, 0.1) is 5.75 Å². The Morgan fingerprint density at radius 3 is 2.81 bits per heavy atom. The van der Waals surface area contributed by atoms with E-state index < -0.39 is 5.97 Å². The van der Waals surface area contributed by atoms with E-state index in [1.165, 1.54) is 17.8 Å². The second-order valence-corrected chi connectivity index (χ2v) is 6.15. The van der Waals surface area contributed by atoms with Gasteiger partial charge in [-0.25, -0.2) is 4.79 Å². The molecule has 1 heterocycles. The third-order valence-electron chi connectivity index (χ3n) is 2.57. The number of carbonyl (C=O) groups excluding carboxylic acids is 1. The van der Waals surface area contributed by atoms with E-state index in [-0.39, 0.29) is 23.2 Å². The predicted octanol–water partition coefficient (Wildman–Crippen LogP) is 2.91. The summed E-state index contributed by atoms with van der Waals surface area (Å²) in [5.41, 5.74) is 1.01. The maximum Gasteiger partial charge on any atom is 0.353 e. The summed E-state index contributed by atoms with van der Waals surface area (Å²) in [5, 5.41) is 17.3. The summed E-state index contributed by atoms with van der Waals surface area (Å²) in [6.07, 6.45) is 0. The highest BCUT2D eigenvalue weighted by Crippen LogP contribution is 2.25. The summed E-state index contributed by atoms with van der Waals surface area (Å²) >= 11 is 4.80. The van der Waals surface area contributed by atoms with Crippen molar-refractivity contribution < 1.29 is 14.7 Å². The Morgan fingerprint density at radius 2 is 2.19 bits per heavy atom. The Hall–Kier alpha value is -1.80. The second kappa shape index (κ2) is 6.77. The lowest BCUT2D eigenvalue weighted by atomic mass is 10.2. The third kappa shape index (κ3) is 4.33. The van der Waals surface area contributed by atoms with Crippen LogP contribution in [0.4, 0.5) is 5.82 Å². The normalized spacial score (nSPS) is 10.4. The highest BCUT2D eigenvalue weighted by atomic mass is 79.9. The minimum Gasteiger partial charge on any atom is -0.477 e. The van der Waals surface area contributed by atoms with Gasteiger partial charge < -0.3 is 10.4 Å². The number of nitrogens with zero attached hydrogens (tertiary/aromatic N) is 1. The van der Waals surface area contributed by atoms with Crippen LogP contribution in [0.1, 0.15) is 16.1 Å². The first-order valence-electron chi connectivity index (χ1n) is 5.93. The van der Waals surface area contributed by atoms with Crippen LogP contribution in [0, 0.1) is 6.92 Å². The highest BCUT2D eigenvalue weighted by Gasteiger charge is 2.11. The number of aromatic carboxylic acids is 1. The van der Waals surface area contributed by atoms with Crippen LogP contribution in [-0.2, 0) is 4.79 Å². The Kier molecular flexibility index (Phi) is 5.03. The van der Waals surface area contributed by atoms with Crippen LogP contribution >= 0.6 is 27.7 Å². The van der Waals surface area contributed by atoms with Gasteiger partial charge in [0.25, 0.3) is 0 Å². The van der Waals surface area contributed by atoms with Gasteiger partial charge in [-0.05, 0) is 30.7 Å². The van der Waals surface area contributed by atoms with Crippen LogP contribution in [0.15, 0.2) is 33.6 Å². The highest BCUT2D eigenvalue weighted by molar-refractivity contribution is 9.10. The molecule has 0 radical (unpaired) electrons. The lowest BCUT2D eigenvalue weighted by Gasteiger charge is -2.05. The summed E-state index contributed by atoms with van der Waals surface area (Å²) < 4.78 is 0.992. The number of aryl methyl sites for hydroxylation is 1. The van der Waals surface area contributed by atoms with Crippen molar-refractivity contribution in [3.05, 3.63) is 40.0 Å². The number of H-pyrrole nitrogens is 1. The van der Waals surface area contributed by atoms with Crippen molar-refractivity contribution in [3.8, 4) is 0 Å². The third-order valence-corrected chi connectivity index (χ3v) is 4.24. The maximum absolute atomic E-state index is 11.8. The Bertz CT molecular complexity index is 687. The first-order chi connectivity index (χ1) is 9.95. The molecule has 0 unspecified atom stereocenters. The standard InChI is InChI=1S/C13H12BrN3O3S/c1-7-4-8(14)2-3-10(7)21-6-12(18)15-11-5-9(13(19)20)16-17-11/h2-5H,6H2,1H3,(H,19,20)(H2,15,16,17,18). The fourth-order valence-corrected chi connectivity index (χ4v) is 2.88. The van der Waals surface area contributed by atoms with Crippen molar-refractivity contribution in [1.29, 1.82) is 0 Å². The van der Waals surface area contributed by atoms with E-state index in [0.29, 0.717) is 0 Å². The smallest absolute Gasteiger partial charge is 0.353 e. The molecule has 0 fully saturated rings. The molecule has 0 atom stereocenters. The van der Waals surface area contributed by atoms with Gasteiger partial charge in [0.2, 0.25) is 5.91 Å². The van der Waals surface area contributed by atoms with E-state index >= 15 is 0 Å². The van der Waals surface area contributed by atoms with Crippen LogP contribution in [-0.4, -0.2) is 32.9 Å². The fourth-order valence-electron chi connectivity index (χ4n) is 1.59. The van der Waals surface area contributed by atoms with Gasteiger partial charge in [-0.1, -0.05) is 15.9 Å². The first-order valence-corrected chi connectivity index (χ1v) is 7.71. The van der Waals surface area contributed by atoms with E-state index in [9.17, 15) is 9.59 Å². The van der Waals surface area contributed by atoms with Gasteiger partial charge in [0.15, 0.2) is 5.82 Å². The minimum absolute atomic E-state index is 0.0679. The lowest BCUT2D eigenvalue weighted by Crippen LogP contribution is -2.14. The molecule has 0 saturated carbocycles. The van der Waals surface area contributed by atoms with Gasteiger partial charge in [0, 0.05) is 15.4 Å². The van der Waals surface area contributed by atoms with Crippen molar-refractivity contribution >= 4 is 45.4 Å². The molecule has 1 aromatic carbocycles. The molecule has 0 aliphatic heterocycles. The summed E-state index contributed by atoms with van der Waals surface area (Å²) in [6.45, 7) is 1.97.